The molecule has 1 aliphatic heterocycles. The zero-order chi connectivity index (χ0) is 23.5. The van der Waals surface area contributed by atoms with Crippen LogP contribution >= 0.6 is 11.6 Å². The van der Waals surface area contributed by atoms with Crippen molar-refractivity contribution >= 4 is 45.7 Å². The van der Waals surface area contributed by atoms with Gasteiger partial charge in [0, 0.05) is 53.2 Å². The van der Waals surface area contributed by atoms with Gasteiger partial charge in [0.2, 0.25) is 11.9 Å². The Balaban J connectivity index is 1.31. The maximum atomic E-state index is 11.5. The molecule has 1 fully saturated rings. The van der Waals surface area contributed by atoms with Crippen molar-refractivity contribution in [3.8, 4) is 11.3 Å². The van der Waals surface area contributed by atoms with Gasteiger partial charge >= 0.3 is 0 Å². The number of nitrogens with one attached hydrogen (secondary N) is 3. The number of fused-ring (bicyclic) bond motifs is 1. The Morgan fingerprint density at radius 3 is 2.85 bits per heavy atom. The van der Waals surface area contributed by atoms with Crippen LogP contribution in [0.25, 0.3) is 22.2 Å². The van der Waals surface area contributed by atoms with E-state index in [4.69, 9.17) is 16.6 Å². The fourth-order valence-electron chi connectivity index (χ4n) is 4.35. The molecule has 0 aliphatic carbocycles. The molecule has 2 aromatic carbocycles. The third-order valence-corrected chi connectivity index (χ3v) is 6.31. The number of rotatable bonds is 6. The first-order chi connectivity index (χ1) is 16.6. The van der Waals surface area contributed by atoms with E-state index in [0.717, 1.165) is 53.8 Å². The molecule has 1 amide bonds. The van der Waals surface area contributed by atoms with E-state index in [1.807, 2.05) is 48.7 Å². The molecule has 8 heteroatoms. The number of aromatic nitrogens is 3. The van der Waals surface area contributed by atoms with E-state index in [0.29, 0.717) is 16.7 Å². The Kier molecular flexibility index (Phi) is 6.18. The number of carbonyl (C=O) groups excluding carboxylic acids is 1. The first kappa shape index (κ1) is 22.0. The van der Waals surface area contributed by atoms with Crippen LogP contribution in [0, 0.1) is 0 Å². The van der Waals surface area contributed by atoms with Gasteiger partial charge in [0.05, 0.1) is 16.9 Å². The van der Waals surface area contributed by atoms with Crippen LogP contribution in [0.4, 0.5) is 17.3 Å². The van der Waals surface area contributed by atoms with Gasteiger partial charge in [-0.15, -0.1) is 0 Å². The molecule has 172 valence electrons. The smallest absolute Gasteiger partial charge is 0.247 e. The van der Waals surface area contributed by atoms with Gasteiger partial charge in [-0.2, -0.15) is 0 Å². The molecular weight excluding hydrogens is 448 g/mol. The number of aromatic amines is 1. The van der Waals surface area contributed by atoms with Crippen molar-refractivity contribution in [1.29, 1.82) is 0 Å². The normalized spacial score (nSPS) is 15.8. The summed E-state index contributed by atoms with van der Waals surface area (Å²) in [6.45, 7) is 5.28. The molecule has 1 atom stereocenters. The molecule has 2 aromatic heterocycles. The lowest BCUT2D eigenvalue weighted by Crippen LogP contribution is -2.42. The van der Waals surface area contributed by atoms with Gasteiger partial charge in [-0.3, -0.25) is 4.79 Å². The minimum atomic E-state index is -0.218. The number of anilines is 3. The molecule has 7 nitrogen and oxygen atoms in total. The quantitative estimate of drug-likeness (QED) is 0.323. The lowest BCUT2D eigenvalue weighted by molar-refractivity contribution is -0.111. The number of amides is 1. The molecule has 3 heterocycles. The number of halogens is 1. The highest BCUT2D eigenvalue weighted by molar-refractivity contribution is 6.33. The van der Waals surface area contributed by atoms with Crippen molar-refractivity contribution in [2.75, 3.05) is 28.6 Å². The Morgan fingerprint density at radius 1 is 1.21 bits per heavy atom. The van der Waals surface area contributed by atoms with Gasteiger partial charge in [0.1, 0.15) is 0 Å². The fourth-order valence-corrected chi connectivity index (χ4v) is 4.55. The van der Waals surface area contributed by atoms with Crippen LogP contribution in [-0.2, 0) is 4.79 Å². The summed E-state index contributed by atoms with van der Waals surface area (Å²) < 4.78 is 0. The number of benzene rings is 2. The Morgan fingerprint density at radius 2 is 2.03 bits per heavy atom. The zero-order valence-corrected chi connectivity index (χ0v) is 19.3. The second-order valence-corrected chi connectivity index (χ2v) is 8.72. The van der Waals surface area contributed by atoms with E-state index in [-0.39, 0.29) is 11.9 Å². The minimum absolute atomic E-state index is 0.200. The lowest BCUT2D eigenvalue weighted by atomic mass is 10.0. The number of piperidine rings is 1. The van der Waals surface area contributed by atoms with Crippen molar-refractivity contribution in [2.24, 2.45) is 0 Å². The van der Waals surface area contributed by atoms with Crippen LogP contribution < -0.4 is 15.5 Å². The number of H-pyrrole nitrogens is 1. The monoisotopic (exact) mass is 472 g/mol. The van der Waals surface area contributed by atoms with Crippen LogP contribution in [0.15, 0.2) is 73.6 Å². The molecule has 0 radical (unpaired) electrons. The Hall–Kier alpha value is -3.84. The third-order valence-electron chi connectivity index (χ3n) is 6.03. The van der Waals surface area contributed by atoms with Crippen molar-refractivity contribution in [1.82, 2.24) is 15.0 Å². The van der Waals surface area contributed by atoms with Crippen LogP contribution in [0.2, 0.25) is 5.02 Å². The number of nitrogens with zero attached hydrogens (tertiary/aromatic N) is 3. The van der Waals surface area contributed by atoms with Gasteiger partial charge < -0.3 is 20.5 Å². The van der Waals surface area contributed by atoms with Crippen LogP contribution in [-0.4, -0.2) is 40.0 Å². The lowest BCUT2D eigenvalue weighted by Gasteiger charge is -2.35. The van der Waals surface area contributed by atoms with Crippen molar-refractivity contribution in [3.05, 3.63) is 78.6 Å². The second kappa shape index (κ2) is 9.57. The van der Waals surface area contributed by atoms with E-state index in [1.165, 1.54) is 6.08 Å². The average Bonchev–Trinajstić information content (AvgIpc) is 3.30. The highest BCUT2D eigenvalue weighted by Crippen LogP contribution is 2.32. The summed E-state index contributed by atoms with van der Waals surface area (Å²) in [7, 11) is 0. The third kappa shape index (κ3) is 4.61. The van der Waals surface area contributed by atoms with Gasteiger partial charge in [-0.25, -0.2) is 9.97 Å². The Labute approximate surface area is 202 Å². The number of carbonyl (C=O) groups is 1. The second-order valence-electron chi connectivity index (χ2n) is 8.31. The molecule has 4 aromatic rings. The van der Waals surface area contributed by atoms with E-state index >= 15 is 0 Å². The molecule has 34 heavy (non-hydrogen) atoms. The number of hydrogen-bond donors (Lipinski definition) is 3. The molecule has 0 unspecified atom stereocenters. The molecular formula is C26H25ClN6O. The summed E-state index contributed by atoms with van der Waals surface area (Å²) in [6.07, 6.45) is 6.93. The maximum absolute atomic E-state index is 11.5. The highest BCUT2D eigenvalue weighted by Gasteiger charge is 2.22. The van der Waals surface area contributed by atoms with E-state index in [2.05, 4.69) is 38.1 Å². The molecule has 5 rings (SSSR count). The largest absolute Gasteiger partial charge is 0.369 e. The predicted octanol–water partition coefficient (Wildman–Crippen LogP) is 5.48. The Bertz CT molecular complexity index is 1330. The molecule has 0 spiro atoms. The van der Waals surface area contributed by atoms with Crippen molar-refractivity contribution in [2.45, 2.75) is 18.9 Å². The zero-order valence-electron chi connectivity index (χ0n) is 18.6. The van der Waals surface area contributed by atoms with E-state index < -0.39 is 0 Å². The predicted molar refractivity (Wildman–Crippen MR) is 138 cm³/mol. The van der Waals surface area contributed by atoms with Crippen molar-refractivity contribution in [3.63, 3.8) is 0 Å². The molecule has 1 aliphatic rings. The van der Waals surface area contributed by atoms with Gasteiger partial charge in [0.25, 0.3) is 0 Å². The molecule has 3 N–H and O–H groups in total. The molecule has 1 saturated heterocycles. The van der Waals surface area contributed by atoms with Crippen LogP contribution in [0.3, 0.4) is 0 Å². The van der Waals surface area contributed by atoms with Gasteiger partial charge in [-0.1, -0.05) is 36.4 Å². The molecule has 0 saturated carbocycles. The van der Waals surface area contributed by atoms with Crippen LogP contribution in [0.1, 0.15) is 12.8 Å². The SMILES string of the molecule is C=CC(=O)Nc1ccc(N2CCC[C@@H](Nc3ncc(Cl)c(-c4c[nH]c5ccccc45)n3)C2)cc1. The van der Waals surface area contributed by atoms with Crippen LogP contribution in [0.5, 0.6) is 0 Å². The summed E-state index contributed by atoms with van der Waals surface area (Å²) in [5.41, 5.74) is 4.57. The number of hydrogen-bond acceptors (Lipinski definition) is 5. The summed E-state index contributed by atoms with van der Waals surface area (Å²) >= 11 is 6.48. The highest BCUT2D eigenvalue weighted by atomic mass is 35.5. The van der Waals surface area contributed by atoms with E-state index in [1.54, 1.807) is 6.20 Å². The maximum Gasteiger partial charge on any atom is 0.247 e. The summed E-state index contributed by atoms with van der Waals surface area (Å²) in [4.78, 5) is 26.3. The minimum Gasteiger partial charge on any atom is -0.369 e. The number of para-hydroxylation sites is 1. The molecule has 0 bridgehead atoms. The first-order valence-electron chi connectivity index (χ1n) is 11.2. The average molecular weight is 473 g/mol. The first-order valence-corrected chi connectivity index (χ1v) is 11.6. The summed E-state index contributed by atoms with van der Waals surface area (Å²) in [5, 5.41) is 7.87. The van der Waals surface area contributed by atoms with Gasteiger partial charge in [0.15, 0.2) is 0 Å². The summed E-state index contributed by atoms with van der Waals surface area (Å²) in [5.74, 6) is 0.351. The van der Waals surface area contributed by atoms with Gasteiger partial charge in [-0.05, 0) is 49.2 Å². The fraction of sp³-hybridized carbons (Fsp3) is 0.192. The van der Waals surface area contributed by atoms with Crippen molar-refractivity contribution < 1.29 is 4.79 Å². The van der Waals surface area contributed by atoms with E-state index in [9.17, 15) is 4.79 Å². The summed E-state index contributed by atoms with van der Waals surface area (Å²) in [6, 6.07) is 16.1. The topological polar surface area (TPSA) is 85.9 Å². The standard InChI is InChI=1S/C26H25ClN6O/c1-2-24(34)30-17-9-11-19(12-10-17)33-13-5-6-18(16-33)31-26-29-15-22(27)25(32-26)21-14-28-23-8-4-3-7-20(21)23/h2-4,7-12,14-15,18,28H,1,5-6,13,16H2,(H,30,34)(H,29,31,32)/t18-/m1/s1.